The summed E-state index contributed by atoms with van der Waals surface area (Å²) in [6.45, 7) is 8.11. The molecule has 3 aromatic rings. The number of aromatic hydroxyl groups is 1. The third-order valence-electron chi connectivity index (χ3n) is 3.55. The number of nitrogens with zero attached hydrogens (tertiary/aromatic N) is 3. The van der Waals surface area contributed by atoms with E-state index in [1.54, 1.807) is 23.0 Å². The van der Waals surface area contributed by atoms with Gasteiger partial charge < -0.3 is 5.11 Å². The molecule has 114 valence electrons. The molecule has 4 nitrogen and oxygen atoms in total. The second kappa shape index (κ2) is 4.99. The lowest BCUT2D eigenvalue weighted by Crippen LogP contribution is -2.17. The maximum absolute atomic E-state index is 10.4. The van der Waals surface area contributed by atoms with Crippen molar-refractivity contribution in [1.29, 1.82) is 0 Å². The largest absolute Gasteiger partial charge is 0.508 e. The maximum Gasteiger partial charge on any atom is 0.121 e. The lowest BCUT2D eigenvalue weighted by Gasteiger charge is -2.23. The van der Waals surface area contributed by atoms with Crippen LogP contribution < -0.4 is 0 Å². The number of phenols is 1. The van der Waals surface area contributed by atoms with E-state index in [2.05, 4.69) is 31.0 Å². The molecule has 0 spiro atoms. The van der Waals surface area contributed by atoms with Gasteiger partial charge >= 0.3 is 0 Å². The van der Waals surface area contributed by atoms with E-state index in [9.17, 15) is 5.11 Å². The smallest absolute Gasteiger partial charge is 0.121 e. The van der Waals surface area contributed by atoms with Crippen LogP contribution in [0.2, 0.25) is 5.02 Å². The zero-order valence-corrected chi connectivity index (χ0v) is 13.8. The summed E-state index contributed by atoms with van der Waals surface area (Å²) in [5.41, 5.74) is 3.84. The summed E-state index contributed by atoms with van der Waals surface area (Å²) in [6, 6.07) is 9.17. The van der Waals surface area contributed by atoms with Gasteiger partial charge in [-0.05, 0) is 48.2 Å². The van der Waals surface area contributed by atoms with Crippen LogP contribution in [0.1, 0.15) is 31.9 Å². The Morgan fingerprint density at radius 2 is 1.73 bits per heavy atom. The highest BCUT2D eigenvalue weighted by molar-refractivity contribution is 6.31. The molecule has 0 aliphatic rings. The van der Waals surface area contributed by atoms with E-state index < -0.39 is 0 Å². The highest BCUT2D eigenvalue weighted by Gasteiger charge is 2.24. The molecule has 0 amide bonds. The molecule has 0 unspecified atom stereocenters. The van der Waals surface area contributed by atoms with Crippen molar-refractivity contribution < 1.29 is 5.11 Å². The van der Waals surface area contributed by atoms with Crippen LogP contribution >= 0.6 is 11.6 Å². The molecule has 0 saturated carbocycles. The topological polar surface area (TPSA) is 50.9 Å². The Bertz CT molecular complexity index is 862. The third-order valence-corrected chi connectivity index (χ3v) is 3.78. The molecule has 0 radical (unpaired) electrons. The Kier molecular flexibility index (Phi) is 3.37. The van der Waals surface area contributed by atoms with E-state index in [0.717, 1.165) is 27.8 Å². The first-order valence-corrected chi connectivity index (χ1v) is 7.50. The van der Waals surface area contributed by atoms with Crippen LogP contribution in [0.5, 0.6) is 5.75 Å². The summed E-state index contributed by atoms with van der Waals surface area (Å²) < 4.78 is 0. The molecule has 1 aromatic heterocycles. The number of hydrogen-bond acceptors (Lipinski definition) is 3. The van der Waals surface area contributed by atoms with Crippen LogP contribution in [0.25, 0.3) is 16.7 Å². The number of hydrogen-bond donors (Lipinski definition) is 1. The zero-order chi connectivity index (χ0) is 16.1. The predicted octanol–water partition coefficient (Wildman–Crippen LogP) is 4.39. The maximum atomic E-state index is 10.4. The van der Waals surface area contributed by atoms with Crippen LogP contribution in [0, 0.1) is 6.92 Å². The number of benzene rings is 2. The molecule has 1 heterocycles. The Hall–Kier alpha value is -2.07. The van der Waals surface area contributed by atoms with Gasteiger partial charge in [0.15, 0.2) is 0 Å². The summed E-state index contributed by atoms with van der Waals surface area (Å²) in [5.74, 6) is 0.266. The minimum absolute atomic E-state index is 0.232. The lowest BCUT2D eigenvalue weighted by atomic mass is 9.84. The van der Waals surface area contributed by atoms with Crippen LogP contribution in [-0.4, -0.2) is 20.1 Å². The van der Waals surface area contributed by atoms with Gasteiger partial charge in [0.1, 0.15) is 16.8 Å². The van der Waals surface area contributed by atoms with Crippen LogP contribution in [0.15, 0.2) is 30.3 Å². The number of rotatable bonds is 1. The number of fused-ring (bicyclic) bond motifs is 1. The Morgan fingerprint density at radius 1 is 1.05 bits per heavy atom. The number of phenolic OH excluding ortho intramolecular Hbond substituents is 1. The Labute approximate surface area is 134 Å². The number of aromatic nitrogens is 3. The molecule has 2 aromatic carbocycles. The van der Waals surface area contributed by atoms with Crippen molar-refractivity contribution >= 4 is 22.6 Å². The average molecular weight is 316 g/mol. The van der Waals surface area contributed by atoms with Crippen molar-refractivity contribution in [2.45, 2.75) is 33.1 Å². The fourth-order valence-electron chi connectivity index (χ4n) is 2.67. The molecule has 0 atom stereocenters. The normalized spacial score (nSPS) is 12.0. The first-order chi connectivity index (χ1) is 10.3. The summed E-state index contributed by atoms with van der Waals surface area (Å²) in [6.07, 6.45) is 0. The monoisotopic (exact) mass is 315 g/mol. The van der Waals surface area contributed by atoms with E-state index >= 15 is 0 Å². The molecular formula is C17H18ClN3O. The molecule has 0 bridgehead atoms. The van der Waals surface area contributed by atoms with Gasteiger partial charge in [-0.3, -0.25) is 0 Å². The Morgan fingerprint density at radius 3 is 2.41 bits per heavy atom. The fraction of sp³-hybridized carbons (Fsp3) is 0.294. The molecule has 3 rings (SSSR count). The lowest BCUT2D eigenvalue weighted by molar-refractivity contribution is 0.443. The first kappa shape index (κ1) is 14.9. The molecule has 5 heteroatoms. The molecule has 0 saturated heterocycles. The van der Waals surface area contributed by atoms with E-state index in [-0.39, 0.29) is 11.2 Å². The van der Waals surface area contributed by atoms with Crippen molar-refractivity contribution in [3.8, 4) is 11.4 Å². The van der Waals surface area contributed by atoms with Gasteiger partial charge in [-0.25, -0.2) is 0 Å². The van der Waals surface area contributed by atoms with Crippen LogP contribution in [0.3, 0.4) is 0 Å². The summed E-state index contributed by atoms with van der Waals surface area (Å²) in [5, 5.41) is 20.1. The molecule has 0 aliphatic carbocycles. The third kappa shape index (κ3) is 2.55. The fourth-order valence-corrected chi connectivity index (χ4v) is 2.84. The zero-order valence-electron chi connectivity index (χ0n) is 13.1. The number of halogens is 1. The molecule has 0 aliphatic heterocycles. The van der Waals surface area contributed by atoms with E-state index in [0.29, 0.717) is 5.02 Å². The molecule has 0 fully saturated rings. The minimum Gasteiger partial charge on any atom is -0.508 e. The second-order valence-electron chi connectivity index (χ2n) is 6.55. The summed E-state index contributed by atoms with van der Waals surface area (Å²) >= 11 is 6.01. The summed E-state index contributed by atoms with van der Waals surface area (Å²) in [7, 11) is 0. The Balaban J connectivity index is 2.29. The van der Waals surface area contributed by atoms with Gasteiger partial charge in [0, 0.05) is 10.6 Å². The van der Waals surface area contributed by atoms with Gasteiger partial charge in [-0.1, -0.05) is 32.4 Å². The SMILES string of the molecule is Cc1cc(O)c(C(C)(C)C)c(-n2nc3ccc(Cl)cc3n2)c1. The average Bonchev–Trinajstić information content (AvgIpc) is 2.78. The number of aryl methyl sites for hydroxylation is 1. The van der Waals surface area contributed by atoms with Gasteiger partial charge in [0.05, 0.1) is 5.69 Å². The van der Waals surface area contributed by atoms with Gasteiger partial charge in [-0.2, -0.15) is 0 Å². The van der Waals surface area contributed by atoms with Crippen molar-refractivity contribution in [2.75, 3.05) is 0 Å². The molecule has 1 N–H and O–H groups in total. The van der Waals surface area contributed by atoms with Crippen LogP contribution in [0.4, 0.5) is 0 Å². The van der Waals surface area contributed by atoms with Crippen molar-refractivity contribution in [3.05, 3.63) is 46.5 Å². The van der Waals surface area contributed by atoms with Crippen molar-refractivity contribution in [2.24, 2.45) is 0 Å². The minimum atomic E-state index is -0.232. The van der Waals surface area contributed by atoms with Crippen molar-refractivity contribution in [1.82, 2.24) is 15.0 Å². The summed E-state index contributed by atoms with van der Waals surface area (Å²) in [4.78, 5) is 1.58. The quantitative estimate of drug-likeness (QED) is 0.724. The molecular weight excluding hydrogens is 298 g/mol. The second-order valence-corrected chi connectivity index (χ2v) is 6.99. The van der Waals surface area contributed by atoms with E-state index in [4.69, 9.17) is 11.6 Å². The van der Waals surface area contributed by atoms with Crippen LogP contribution in [-0.2, 0) is 5.41 Å². The standard InChI is InChI=1S/C17H18ClN3O/c1-10-7-14(16(15(22)8-10)17(2,3)4)21-19-12-6-5-11(18)9-13(12)20-21/h5-9,22H,1-4H3. The van der Waals surface area contributed by atoms with Gasteiger partial charge in [0.2, 0.25) is 0 Å². The highest BCUT2D eigenvalue weighted by atomic mass is 35.5. The highest BCUT2D eigenvalue weighted by Crippen LogP contribution is 2.36. The van der Waals surface area contributed by atoms with E-state index in [1.807, 2.05) is 19.1 Å². The van der Waals surface area contributed by atoms with E-state index in [1.165, 1.54) is 0 Å². The molecule has 22 heavy (non-hydrogen) atoms. The van der Waals surface area contributed by atoms with Crippen molar-refractivity contribution in [3.63, 3.8) is 0 Å². The van der Waals surface area contributed by atoms with Gasteiger partial charge in [-0.15, -0.1) is 15.0 Å². The first-order valence-electron chi connectivity index (χ1n) is 7.13. The predicted molar refractivity (Wildman–Crippen MR) is 89.0 cm³/mol. The van der Waals surface area contributed by atoms with Gasteiger partial charge in [0.25, 0.3) is 0 Å².